The summed E-state index contributed by atoms with van der Waals surface area (Å²) in [5.74, 6) is 0. The summed E-state index contributed by atoms with van der Waals surface area (Å²) in [6.45, 7) is 0. The normalized spacial score (nSPS) is 11.8. The molecule has 0 unspecified atom stereocenters. The smallest absolute Gasteiger partial charge is 0.0794 e. The molecule has 0 aliphatic rings. The number of pyridine rings is 1. The highest BCUT2D eigenvalue weighted by Gasteiger charge is 2.14. The summed E-state index contributed by atoms with van der Waals surface area (Å²) in [6, 6.07) is 47.7. The van der Waals surface area contributed by atoms with Crippen molar-refractivity contribution in [1.82, 2.24) is 9.55 Å². The molecule has 0 N–H and O–H groups in total. The van der Waals surface area contributed by atoms with Crippen molar-refractivity contribution in [3.05, 3.63) is 133 Å². The number of hydrogen-bond donors (Lipinski definition) is 0. The van der Waals surface area contributed by atoms with E-state index in [1.165, 1.54) is 48.7 Å². The van der Waals surface area contributed by atoms with Crippen LogP contribution in [0.1, 0.15) is 0 Å². The fourth-order valence-electron chi connectivity index (χ4n) is 5.92. The van der Waals surface area contributed by atoms with E-state index in [4.69, 9.17) is 4.98 Å². The van der Waals surface area contributed by atoms with E-state index in [-0.39, 0.29) is 0 Å². The number of hydrogen-bond acceptors (Lipinski definition) is 1. The standard InChI is InChI=1S/C35H22N2/c1-2-14-27-25(12-1)26-13-3-4-17-30(26)35-31(27)20-21-32(36-35)23-10-9-11-24(22-23)37-33-18-7-5-15-28(33)29-16-6-8-19-34(29)37/h1-22H. The van der Waals surface area contributed by atoms with Gasteiger partial charge in [0.2, 0.25) is 0 Å². The Morgan fingerprint density at radius 2 is 0.919 bits per heavy atom. The molecule has 6 aromatic carbocycles. The van der Waals surface area contributed by atoms with Crippen LogP contribution in [0.3, 0.4) is 0 Å². The van der Waals surface area contributed by atoms with Crippen molar-refractivity contribution in [2.45, 2.75) is 0 Å². The quantitative estimate of drug-likeness (QED) is 0.230. The highest BCUT2D eigenvalue weighted by atomic mass is 15.0. The minimum Gasteiger partial charge on any atom is -0.309 e. The average Bonchev–Trinajstić information content (AvgIpc) is 3.32. The maximum atomic E-state index is 5.26. The molecule has 2 heterocycles. The zero-order chi connectivity index (χ0) is 24.3. The molecule has 0 saturated heterocycles. The third-order valence-electron chi connectivity index (χ3n) is 7.57. The lowest BCUT2D eigenvalue weighted by molar-refractivity contribution is 1.18. The fourth-order valence-corrected chi connectivity index (χ4v) is 5.92. The summed E-state index contributed by atoms with van der Waals surface area (Å²) in [6.07, 6.45) is 0. The fraction of sp³-hybridized carbons (Fsp3) is 0. The molecule has 0 aliphatic heterocycles. The number of rotatable bonds is 2. The molecule has 0 radical (unpaired) electrons. The summed E-state index contributed by atoms with van der Waals surface area (Å²) in [5.41, 5.74) is 6.71. The van der Waals surface area contributed by atoms with Crippen LogP contribution in [0.15, 0.2) is 133 Å². The Morgan fingerprint density at radius 3 is 1.57 bits per heavy atom. The zero-order valence-electron chi connectivity index (χ0n) is 20.1. The van der Waals surface area contributed by atoms with Gasteiger partial charge >= 0.3 is 0 Å². The molecule has 2 heteroatoms. The minimum absolute atomic E-state index is 0.982. The Labute approximate surface area is 214 Å². The Bertz CT molecular complexity index is 2060. The molecule has 2 aromatic heterocycles. The third-order valence-corrected chi connectivity index (χ3v) is 7.57. The highest BCUT2D eigenvalue weighted by molar-refractivity contribution is 6.24. The first-order valence-corrected chi connectivity index (χ1v) is 12.7. The molecule has 0 fully saturated rings. The van der Waals surface area contributed by atoms with E-state index in [0.29, 0.717) is 0 Å². The molecular weight excluding hydrogens is 448 g/mol. The summed E-state index contributed by atoms with van der Waals surface area (Å²) >= 11 is 0. The molecule has 0 amide bonds. The van der Waals surface area contributed by atoms with Gasteiger partial charge in [0.15, 0.2) is 0 Å². The van der Waals surface area contributed by atoms with E-state index >= 15 is 0 Å². The van der Waals surface area contributed by atoms with Crippen LogP contribution in [0.25, 0.3) is 71.2 Å². The van der Waals surface area contributed by atoms with Crippen molar-refractivity contribution >= 4 is 54.3 Å². The maximum Gasteiger partial charge on any atom is 0.0794 e. The Balaban J connectivity index is 1.38. The summed E-state index contributed by atoms with van der Waals surface area (Å²) < 4.78 is 2.36. The molecule has 8 aromatic rings. The lowest BCUT2D eigenvalue weighted by Gasteiger charge is -2.12. The zero-order valence-corrected chi connectivity index (χ0v) is 20.1. The van der Waals surface area contributed by atoms with Crippen molar-refractivity contribution in [2.75, 3.05) is 0 Å². The molecule has 0 spiro atoms. The first kappa shape index (κ1) is 20.3. The van der Waals surface area contributed by atoms with E-state index in [2.05, 4.69) is 138 Å². The van der Waals surface area contributed by atoms with Crippen LogP contribution in [0.2, 0.25) is 0 Å². The lowest BCUT2D eigenvalue weighted by Crippen LogP contribution is -1.95. The van der Waals surface area contributed by atoms with Gasteiger partial charge < -0.3 is 4.57 Å². The van der Waals surface area contributed by atoms with Crippen molar-refractivity contribution in [1.29, 1.82) is 0 Å². The second-order valence-corrected chi connectivity index (χ2v) is 9.60. The summed E-state index contributed by atoms with van der Waals surface area (Å²) in [5, 5.41) is 8.68. The van der Waals surface area contributed by atoms with E-state index < -0.39 is 0 Å². The van der Waals surface area contributed by atoms with E-state index in [1.807, 2.05) is 0 Å². The average molecular weight is 471 g/mol. The highest BCUT2D eigenvalue weighted by Crippen LogP contribution is 2.36. The minimum atomic E-state index is 0.982. The first-order chi connectivity index (χ1) is 18.4. The van der Waals surface area contributed by atoms with Gasteiger partial charge in [0.05, 0.1) is 22.2 Å². The van der Waals surface area contributed by atoms with Crippen LogP contribution in [0.4, 0.5) is 0 Å². The van der Waals surface area contributed by atoms with Gasteiger partial charge in [-0.15, -0.1) is 0 Å². The lowest BCUT2D eigenvalue weighted by atomic mass is 9.96. The molecule has 0 saturated carbocycles. The van der Waals surface area contributed by atoms with Crippen molar-refractivity contribution in [3.8, 4) is 16.9 Å². The Morgan fingerprint density at radius 1 is 0.405 bits per heavy atom. The van der Waals surface area contributed by atoms with Gasteiger partial charge in [-0.1, -0.05) is 97.1 Å². The molecule has 37 heavy (non-hydrogen) atoms. The van der Waals surface area contributed by atoms with E-state index in [0.717, 1.165) is 22.5 Å². The molecule has 172 valence electrons. The van der Waals surface area contributed by atoms with Gasteiger partial charge in [-0.25, -0.2) is 4.98 Å². The predicted molar refractivity (Wildman–Crippen MR) is 157 cm³/mol. The Kier molecular flexibility index (Phi) is 4.26. The summed E-state index contributed by atoms with van der Waals surface area (Å²) in [7, 11) is 0. The third kappa shape index (κ3) is 2.96. The van der Waals surface area contributed by atoms with Gasteiger partial charge in [0.1, 0.15) is 0 Å². The number of benzene rings is 6. The van der Waals surface area contributed by atoms with Crippen LogP contribution in [0, 0.1) is 0 Å². The molecule has 0 bridgehead atoms. The largest absolute Gasteiger partial charge is 0.309 e. The van der Waals surface area contributed by atoms with Gasteiger partial charge in [-0.05, 0) is 52.6 Å². The SMILES string of the molecule is c1cc(-c2ccc3c4ccccc4c4ccccc4c3n2)cc(-n2c3ccccc3c3ccccc32)c1. The van der Waals surface area contributed by atoms with Crippen LogP contribution in [-0.2, 0) is 0 Å². The van der Waals surface area contributed by atoms with Gasteiger partial charge in [-0.2, -0.15) is 0 Å². The molecule has 2 nitrogen and oxygen atoms in total. The van der Waals surface area contributed by atoms with Crippen molar-refractivity contribution < 1.29 is 0 Å². The first-order valence-electron chi connectivity index (χ1n) is 12.7. The number of fused-ring (bicyclic) bond motifs is 9. The Hall–Kier alpha value is -4.95. The predicted octanol–water partition coefficient (Wildman–Crippen LogP) is 9.31. The number of para-hydroxylation sites is 2. The van der Waals surface area contributed by atoms with Crippen molar-refractivity contribution in [2.24, 2.45) is 0 Å². The van der Waals surface area contributed by atoms with Gasteiger partial charge in [0.25, 0.3) is 0 Å². The topological polar surface area (TPSA) is 17.8 Å². The molecule has 0 aliphatic carbocycles. The second kappa shape index (κ2) is 7.78. The van der Waals surface area contributed by atoms with Gasteiger partial charge in [0, 0.05) is 32.8 Å². The number of aromatic nitrogens is 2. The van der Waals surface area contributed by atoms with E-state index in [9.17, 15) is 0 Å². The van der Waals surface area contributed by atoms with Crippen LogP contribution in [-0.4, -0.2) is 9.55 Å². The van der Waals surface area contributed by atoms with Crippen molar-refractivity contribution in [3.63, 3.8) is 0 Å². The van der Waals surface area contributed by atoms with Crippen LogP contribution < -0.4 is 0 Å². The molecule has 8 rings (SSSR count). The molecular formula is C35H22N2. The maximum absolute atomic E-state index is 5.26. The van der Waals surface area contributed by atoms with Crippen LogP contribution in [0.5, 0.6) is 0 Å². The monoisotopic (exact) mass is 470 g/mol. The molecule has 0 atom stereocenters. The van der Waals surface area contributed by atoms with Crippen LogP contribution >= 0.6 is 0 Å². The summed E-state index contributed by atoms with van der Waals surface area (Å²) in [4.78, 5) is 5.26. The second-order valence-electron chi connectivity index (χ2n) is 9.60. The number of nitrogens with zero attached hydrogens (tertiary/aromatic N) is 2. The van der Waals surface area contributed by atoms with E-state index in [1.54, 1.807) is 0 Å². The van der Waals surface area contributed by atoms with Gasteiger partial charge in [-0.3, -0.25) is 0 Å².